The number of nitrogens with zero attached hydrogens (tertiary/aromatic N) is 2. The van der Waals surface area contributed by atoms with Gasteiger partial charge in [0, 0.05) is 31.4 Å². The molecule has 0 saturated carbocycles. The molecule has 0 bridgehead atoms. The molecule has 186 valence electrons. The molecule has 0 spiro atoms. The summed E-state index contributed by atoms with van der Waals surface area (Å²) in [6.45, 7) is 4.55. The van der Waals surface area contributed by atoms with Gasteiger partial charge in [0.25, 0.3) is 0 Å². The maximum atomic E-state index is 13.7. The second kappa shape index (κ2) is 11.5. The fraction of sp³-hybridized carbons (Fsp3) is 0.375. The van der Waals surface area contributed by atoms with Crippen molar-refractivity contribution in [2.75, 3.05) is 24.2 Å². The van der Waals surface area contributed by atoms with Gasteiger partial charge in [-0.1, -0.05) is 26.7 Å². The van der Waals surface area contributed by atoms with Crippen LogP contribution in [0, 0.1) is 5.82 Å². The number of aliphatic carboxylic acids is 1. The smallest absolute Gasteiger partial charge is 0.331 e. The highest BCUT2D eigenvalue weighted by Crippen LogP contribution is 2.60. The lowest BCUT2D eigenvalue weighted by atomic mass is 10.1. The first-order valence-electron chi connectivity index (χ1n) is 11.1. The number of carbonyl (C=O) groups is 1. The molecule has 3 N–H and O–H groups in total. The predicted octanol–water partition coefficient (Wildman–Crippen LogP) is 6.58. The topological polar surface area (TPSA) is 93.5 Å². The fourth-order valence-electron chi connectivity index (χ4n) is 3.85. The third-order valence-corrected chi connectivity index (χ3v) is 8.59. The highest BCUT2D eigenvalue weighted by atomic mass is 32.3. The third-order valence-electron chi connectivity index (χ3n) is 5.65. The summed E-state index contributed by atoms with van der Waals surface area (Å²) >= 11 is 1.50. The third kappa shape index (κ3) is 5.87. The van der Waals surface area contributed by atoms with Crippen LogP contribution in [0.2, 0.25) is 0 Å². The number of fused-ring (bicyclic) bond motifs is 1. The number of hydrogen-bond acceptors (Lipinski definition) is 7. The van der Waals surface area contributed by atoms with E-state index in [1.807, 2.05) is 17.9 Å². The molecule has 0 radical (unpaired) electrons. The van der Waals surface area contributed by atoms with E-state index < -0.39 is 16.7 Å². The number of hydrogen-bond donors (Lipinski definition) is 3. The average Bonchev–Trinajstić information content (AvgIpc) is 2.87. The Kier molecular flexibility index (Phi) is 8.89. The van der Waals surface area contributed by atoms with E-state index in [-0.39, 0.29) is 16.8 Å². The molecule has 1 atom stereocenters. The van der Waals surface area contributed by atoms with Gasteiger partial charge >= 0.3 is 5.97 Å². The molecule has 0 fully saturated rings. The lowest BCUT2D eigenvalue weighted by Gasteiger charge is -2.43. The zero-order chi connectivity index (χ0) is 24.9. The Morgan fingerprint density at radius 3 is 2.59 bits per heavy atom. The van der Waals surface area contributed by atoms with E-state index in [1.54, 1.807) is 29.6 Å². The van der Waals surface area contributed by atoms with E-state index in [0.717, 1.165) is 47.9 Å². The van der Waals surface area contributed by atoms with Gasteiger partial charge in [-0.25, -0.2) is 13.5 Å². The highest BCUT2D eigenvalue weighted by Gasteiger charge is 2.38. The van der Waals surface area contributed by atoms with Crippen LogP contribution in [0.1, 0.15) is 33.1 Å². The highest BCUT2D eigenvalue weighted by molar-refractivity contribution is 8.22. The van der Waals surface area contributed by atoms with Gasteiger partial charge in [-0.15, -0.1) is 22.5 Å². The Morgan fingerprint density at radius 2 is 1.97 bits per heavy atom. The minimum absolute atomic E-state index is 0.166. The normalized spacial score (nSPS) is 19.0. The van der Waals surface area contributed by atoms with Crippen molar-refractivity contribution in [3.05, 3.63) is 54.6 Å². The van der Waals surface area contributed by atoms with Crippen LogP contribution in [0.3, 0.4) is 0 Å². The van der Waals surface area contributed by atoms with Crippen molar-refractivity contribution in [1.82, 2.24) is 4.31 Å². The van der Waals surface area contributed by atoms with Crippen molar-refractivity contribution < 1.29 is 28.1 Å². The van der Waals surface area contributed by atoms with E-state index in [2.05, 4.69) is 6.92 Å². The predicted molar refractivity (Wildman–Crippen MR) is 136 cm³/mol. The summed E-state index contributed by atoms with van der Waals surface area (Å²) in [6.07, 6.45) is 4.59. The van der Waals surface area contributed by atoms with Crippen molar-refractivity contribution >= 4 is 39.9 Å². The first kappa shape index (κ1) is 26.4. The van der Waals surface area contributed by atoms with Gasteiger partial charge in [-0.3, -0.25) is 9.11 Å². The van der Waals surface area contributed by atoms with Crippen LogP contribution in [0.4, 0.5) is 15.8 Å². The quantitative estimate of drug-likeness (QED) is 0.198. The van der Waals surface area contributed by atoms with Crippen LogP contribution in [-0.4, -0.2) is 49.9 Å². The van der Waals surface area contributed by atoms with Gasteiger partial charge in [0.2, 0.25) is 0 Å². The van der Waals surface area contributed by atoms with Gasteiger partial charge in [0.1, 0.15) is 16.5 Å². The number of carboxylic acid groups (broad SMARTS) is 1. The number of anilines is 2. The van der Waals surface area contributed by atoms with Crippen molar-refractivity contribution in [3.8, 4) is 5.75 Å². The van der Waals surface area contributed by atoms with E-state index in [0.29, 0.717) is 18.0 Å². The van der Waals surface area contributed by atoms with Crippen LogP contribution >= 0.6 is 22.5 Å². The summed E-state index contributed by atoms with van der Waals surface area (Å²) in [5.74, 6) is -0.435. The maximum absolute atomic E-state index is 13.7. The molecule has 1 aliphatic heterocycles. The Balaban J connectivity index is 2.20. The Hall–Kier alpha value is -2.24. The number of unbranched alkanes of at least 4 members (excludes halogenated alkanes) is 1. The number of ether oxygens (including phenoxy) is 1. The standard InChI is InChI=1S/C24H31FN2O5S2/c1-4-6-7-19-16-27(18-10-8-17(25)9-11-18)20-14-22(33-5-2)21(32-13-12-24(28)29)15-23(20)34(30,31)26(19)3/h8-15,19,30-31H,4-7,16H2,1-3H3,(H,28,29)/b13-12+. The molecule has 10 heteroatoms. The van der Waals surface area contributed by atoms with E-state index in [4.69, 9.17) is 9.84 Å². The van der Waals surface area contributed by atoms with Crippen LogP contribution in [-0.2, 0) is 4.79 Å². The Morgan fingerprint density at radius 1 is 1.26 bits per heavy atom. The van der Waals surface area contributed by atoms with Gasteiger partial charge in [-0.2, -0.15) is 0 Å². The number of rotatable bonds is 9. The summed E-state index contributed by atoms with van der Waals surface area (Å²) in [6, 6.07) is 9.38. The zero-order valence-electron chi connectivity index (χ0n) is 19.5. The fourth-order valence-corrected chi connectivity index (χ4v) is 6.22. The monoisotopic (exact) mass is 510 g/mol. The van der Waals surface area contributed by atoms with Crippen LogP contribution < -0.4 is 9.64 Å². The second-order valence-electron chi connectivity index (χ2n) is 7.91. The number of likely N-dealkylation sites (N-methyl/N-ethyl adjacent to an activating group) is 1. The maximum Gasteiger partial charge on any atom is 0.331 e. The second-order valence-corrected chi connectivity index (χ2v) is 11.3. The van der Waals surface area contributed by atoms with Crippen molar-refractivity contribution in [1.29, 1.82) is 0 Å². The summed E-state index contributed by atoms with van der Waals surface area (Å²) < 4.78 is 43.7. The lowest BCUT2D eigenvalue weighted by molar-refractivity contribution is -0.131. The van der Waals surface area contributed by atoms with Crippen molar-refractivity contribution in [3.63, 3.8) is 0 Å². The first-order chi connectivity index (χ1) is 16.2. The van der Waals surface area contributed by atoms with Crippen LogP contribution in [0.25, 0.3) is 0 Å². The molecule has 0 aliphatic carbocycles. The Labute approximate surface area is 205 Å². The van der Waals surface area contributed by atoms with Gasteiger partial charge in [0.15, 0.2) is 0 Å². The number of thioether (sulfide) groups is 1. The molecule has 0 amide bonds. The molecule has 1 unspecified atom stereocenters. The summed E-state index contributed by atoms with van der Waals surface area (Å²) in [5.41, 5.74) is 1.34. The Bertz CT molecular complexity index is 1030. The first-order valence-corrected chi connectivity index (χ1v) is 13.6. The van der Waals surface area contributed by atoms with Crippen LogP contribution in [0.15, 0.2) is 58.5 Å². The molecule has 2 aromatic carbocycles. The minimum Gasteiger partial charge on any atom is -0.478 e. The summed E-state index contributed by atoms with van der Waals surface area (Å²) in [4.78, 5) is 13.9. The summed E-state index contributed by atoms with van der Waals surface area (Å²) in [7, 11) is -1.69. The minimum atomic E-state index is -3.39. The number of halogens is 1. The largest absolute Gasteiger partial charge is 0.478 e. The zero-order valence-corrected chi connectivity index (χ0v) is 21.1. The molecule has 34 heavy (non-hydrogen) atoms. The molecular formula is C24H31FN2O5S2. The molecule has 1 heterocycles. The molecule has 0 aromatic heterocycles. The molecule has 1 aliphatic rings. The molecule has 7 nitrogen and oxygen atoms in total. The molecule has 2 aromatic rings. The van der Waals surface area contributed by atoms with Crippen LogP contribution in [0.5, 0.6) is 5.75 Å². The SMILES string of the molecule is CCCCC1CN(c2ccc(F)cc2)c2cc(SCC)c(O/C=C/C(=O)O)cc2S(O)(O)N1C. The van der Waals surface area contributed by atoms with Gasteiger partial charge in [-0.05, 0) is 42.5 Å². The average molecular weight is 511 g/mol. The van der Waals surface area contributed by atoms with Gasteiger partial charge < -0.3 is 14.7 Å². The van der Waals surface area contributed by atoms with Crippen molar-refractivity contribution in [2.24, 2.45) is 0 Å². The van der Waals surface area contributed by atoms with E-state index >= 15 is 0 Å². The molecular weight excluding hydrogens is 479 g/mol. The molecule has 3 rings (SSSR count). The van der Waals surface area contributed by atoms with Crippen molar-refractivity contribution in [2.45, 2.75) is 48.9 Å². The number of carboxylic acids is 1. The molecule has 0 saturated heterocycles. The van der Waals surface area contributed by atoms with Gasteiger partial charge in [0.05, 0.1) is 22.9 Å². The van der Waals surface area contributed by atoms with E-state index in [1.165, 1.54) is 23.9 Å². The summed E-state index contributed by atoms with van der Waals surface area (Å²) in [5, 5.41) is 8.90. The van der Waals surface area contributed by atoms with E-state index in [9.17, 15) is 18.3 Å². The lowest BCUT2D eigenvalue weighted by Crippen LogP contribution is -2.39. The number of benzene rings is 2.